The summed E-state index contributed by atoms with van der Waals surface area (Å²) >= 11 is 0. The number of nitrogens with zero attached hydrogens (tertiary/aromatic N) is 2. The monoisotopic (exact) mass is 437 g/mol. The number of phenols is 1. The molecule has 6 heteroatoms. The van der Waals surface area contributed by atoms with Gasteiger partial charge in [-0.3, -0.25) is 0 Å². The number of morpholine rings is 1. The van der Waals surface area contributed by atoms with Gasteiger partial charge in [0.15, 0.2) is 0 Å². The van der Waals surface area contributed by atoms with Gasteiger partial charge < -0.3 is 25.0 Å². The lowest BCUT2D eigenvalue weighted by atomic mass is 9.90. The first-order chi connectivity index (χ1) is 15.6. The molecular weight excluding hydrogens is 402 g/mol. The van der Waals surface area contributed by atoms with Crippen molar-refractivity contribution in [3.63, 3.8) is 0 Å². The average Bonchev–Trinajstić information content (AvgIpc) is 2.84. The van der Waals surface area contributed by atoms with Gasteiger partial charge >= 0.3 is 6.03 Å². The number of piperidine rings is 1. The molecule has 0 aliphatic carbocycles. The summed E-state index contributed by atoms with van der Waals surface area (Å²) in [5.74, 6) is 0.966. The minimum absolute atomic E-state index is 0.0199. The van der Waals surface area contributed by atoms with E-state index in [1.54, 1.807) is 12.1 Å². The van der Waals surface area contributed by atoms with Crippen molar-refractivity contribution < 1.29 is 14.6 Å². The molecule has 0 aromatic heterocycles. The molecule has 1 atom stereocenters. The average molecular weight is 438 g/mol. The second kappa shape index (κ2) is 10.7. The molecule has 2 amide bonds. The maximum Gasteiger partial charge on any atom is 0.317 e. The van der Waals surface area contributed by atoms with Gasteiger partial charge in [-0.25, -0.2) is 4.79 Å². The number of carbonyl (C=O) groups excluding carboxylic acids is 1. The maximum absolute atomic E-state index is 12.8. The molecule has 4 rings (SSSR count). The van der Waals surface area contributed by atoms with Crippen LogP contribution in [0.4, 0.5) is 10.5 Å². The molecule has 6 nitrogen and oxygen atoms in total. The lowest BCUT2D eigenvalue weighted by Gasteiger charge is -2.33. The summed E-state index contributed by atoms with van der Waals surface area (Å²) in [5.41, 5.74) is 3.60. The van der Waals surface area contributed by atoms with Crippen molar-refractivity contribution in [2.75, 3.05) is 44.3 Å². The zero-order valence-electron chi connectivity index (χ0n) is 19.0. The van der Waals surface area contributed by atoms with Crippen LogP contribution in [0.3, 0.4) is 0 Å². The zero-order chi connectivity index (χ0) is 22.3. The van der Waals surface area contributed by atoms with Crippen LogP contribution in [0.1, 0.15) is 43.4 Å². The first-order valence-electron chi connectivity index (χ1n) is 11.8. The number of rotatable bonds is 6. The van der Waals surface area contributed by atoms with Gasteiger partial charge in [0.25, 0.3) is 0 Å². The molecule has 0 saturated carbocycles. The number of hydrogen-bond donors (Lipinski definition) is 2. The van der Waals surface area contributed by atoms with Crippen LogP contribution in [0.25, 0.3) is 0 Å². The largest absolute Gasteiger partial charge is 0.508 e. The van der Waals surface area contributed by atoms with Gasteiger partial charge in [-0.2, -0.15) is 0 Å². The second-order valence-electron chi connectivity index (χ2n) is 9.00. The van der Waals surface area contributed by atoms with Crippen molar-refractivity contribution in [2.45, 2.75) is 38.6 Å². The molecule has 2 saturated heterocycles. The quantitative estimate of drug-likeness (QED) is 0.705. The van der Waals surface area contributed by atoms with E-state index in [0.717, 1.165) is 70.6 Å². The Morgan fingerprint density at radius 1 is 1.03 bits per heavy atom. The lowest BCUT2D eigenvalue weighted by molar-refractivity contribution is 0.122. The number of amides is 2. The van der Waals surface area contributed by atoms with E-state index < -0.39 is 0 Å². The summed E-state index contributed by atoms with van der Waals surface area (Å²) in [4.78, 5) is 17.1. The van der Waals surface area contributed by atoms with Crippen molar-refractivity contribution in [1.29, 1.82) is 0 Å². The second-order valence-corrected chi connectivity index (χ2v) is 9.00. The van der Waals surface area contributed by atoms with Crippen LogP contribution >= 0.6 is 0 Å². The summed E-state index contributed by atoms with van der Waals surface area (Å²) in [6, 6.07) is 16.0. The predicted octanol–water partition coefficient (Wildman–Crippen LogP) is 4.34. The molecule has 2 heterocycles. The first kappa shape index (κ1) is 22.5. The van der Waals surface area contributed by atoms with E-state index in [-0.39, 0.29) is 12.1 Å². The number of benzene rings is 2. The lowest BCUT2D eigenvalue weighted by Crippen LogP contribution is -2.45. The van der Waals surface area contributed by atoms with Gasteiger partial charge in [-0.05, 0) is 73.9 Å². The number of ether oxygens (including phenoxy) is 1. The Labute approximate surface area is 191 Å². The summed E-state index contributed by atoms with van der Waals surface area (Å²) in [6.07, 6.45) is 4.25. The predicted molar refractivity (Wildman–Crippen MR) is 127 cm³/mol. The molecule has 2 fully saturated rings. The summed E-state index contributed by atoms with van der Waals surface area (Å²) in [7, 11) is 0. The highest BCUT2D eigenvalue weighted by molar-refractivity contribution is 5.74. The highest BCUT2D eigenvalue weighted by Crippen LogP contribution is 2.24. The van der Waals surface area contributed by atoms with Crippen molar-refractivity contribution in [3.8, 4) is 5.75 Å². The van der Waals surface area contributed by atoms with Crippen molar-refractivity contribution in [1.82, 2.24) is 10.2 Å². The van der Waals surface area contributed by atoms with Gasteiger partial charge in [0, 0.05) is 31.9 Å². The number of nitrogens with one attached hydrogen (secondary N) is 1. The SMILES string of the molecule is C[C@H](NC(=O)N1CCC(CCc2ccc(O)cc2)CC1)c1ccc(N2CCOCC2)cc1. The molecule has 2 aromatic rings. The molecule has 32 heavy (non-hydrogen) atoms. The highest BCUT2D eigenvalue weighted by atomic mass is 16.5. The molecule has 0 spiro atoms. The molecule has 2 aliphatic heterocycles. The summed E-state index contributed by atoms with van der Waals surface area (Å²) < 4.78 is 5.43. The van der Waals surface area contributed by atoms with Gasteiger partial charge in [-0.15, -0.1) is 0 Å². The molecule has 0 unspecified atom stereocenters. The van der Waals surface area contributed by atoms with Crippen LogP contribution in [0, 0.1) is 5.92 Å². The van der Waals surface area contributed by atoms with E-state index in [1.807, 2.05) is 24.0 Å². The standard InChI is InChI=1S/C26H35N3O3/c1-20(23-6-8-24(9-7-23)28-16-18-32-19-17-28)27-26(31)29-14-12-22(13-15-29)3-2-21-4-10-25(30)11-5-21/h4-11,20,22,30H,2-3,12-19H2,1H3,(H,27,31)/t20-/m0/s1. The number of aryl methyl sites for hydroxylation is 1. The smallest absolute Gasteiger partial charge is 0.317 e. The van der Waals surface area contributed by atoms with Crippen LogP contribution < -0.4 is 10.2 Å². The third-order valence-electron chi connectivity index (χ3n) is 6.79. The number of likely N-dealkylation sites (tertiary alicyclic amines) is 1. The van der Waals surface area contributed by atoms with E-state index in [1.165, 1.54) is 11.3 Å². The third kappa shape index (κ3) is 5.94. The van der Waals surface area contributed by atoms with Crippen LogP contribution in [-0.4, -0.2) is 55.4 Å². The van der Waals surface area contributed by atoms with Gasteiger partial charge in [0.2, 0.25) is 0 Å². The fourth-order valence-electron chi connectivity index (χ4n) is 4.61. The molecule has 2 N–H and O–H groups in total. The van der Waals surface area contributed by atoms with Crippen LogP contribution in [0.5, 0.6) is 5.75 Å². The van der Waals surface area contributed by atoms with E-state index in [2.05, 4.69) is 34.5 Å². The van der Waals surface area contributed by atoms with Crippen molar-refractivity contribution >= 4 is 11.7 Å². The van der Waals surface area contributed by atoms with Gasteiger partial charge in [-0.1, -0.05) is 24.3 Å². The number of hydrogen-bond acceptors (Lipinski definition) is 4. The summed E-state index contributed by atoms with van der Waals surface area (Å²) in [6.45, 7) is 7.09. The van der Waals surface area contributed by atoms with E-state index in [4.69, 9.17) is 4.74 Å². The number of urea groups is 1. The minimum Gasteiger partial charge on any atom is -0.508 e. The Kier molecular flexibility index (Phi) is 7.53. The molecule has 2 aromatic carbocycles. The molecule has 172 valence electrons. The Hall–Kier alpha value is -2.73. The maximum atomic E-state index is 12.8. The van der Waals surface area contributed by atoms with E-state index in [9.17, 15) is 9.90 Å². The minimum atomic E-state index is -0.0199. The number of phenolic OH excluding ortho intramolecular Hbond substituents is 1. The fourth-order valence-corrected chi connectivity index (χ4v) is 4.61. The molecule has 0 bridgehead atoms. The number of anilines is 1. The third-order valence-corrected chi connectivity index (χ3v) is 6.79. The Morgan fingerprint density at radius 3 is 2.34 bits per heavy atom. The van der Waals surface area contributed by atoms with Crippen molar-refractivity contribution in [2.24, 2.45) is 5.92 Å². The van der Waals surface area contributed by atoms with Crippen LogP contribution in [-0.2, 0) is 11.2 Å². The molecule has 0 radical (unpaired) electrons. The van der Waals surface area contributed by atoms with Gasteiger partial charge in [0.1, 0.15) is 5.75 Å². The zero-order valence-corrected chi connectivity index (χ0v) is 19.0. The van der Waals surface area contributed by atoms with Crippen LogP contribution in [0.15, 0.2) is 48.5 Å². The van der Waals surface area contributed by atoms with Crippen LogP contribution in [0.2, 0.25) is 0 Å². The fraction of sp³-hybridized carbons (Fsp3) is 0.500. The Balaban J connectivity index is 1.20. The normalized spacial score (nSPS) is 18.4. The molecule has 2 aliphatic rings. The number of carbonyl (C=O) groups is 1. The van der Waals surface area contributed by atoms with Gasteiger partial charge in [0.05, 0.1) is 19.3 Å². The number of aromatic hydroxyl groups is 1. The summed E-state index contributed by atoms with van der Waals surface area (Å²) in [5, 5.41) is 12.6. The topological polar surface area (TPSA) is 65.0 Å². The van der Waals surface area contributed by atoms with E-state index in [0.29, 0.717) is 11.7 Å². The van der Waals surface area contributed by atoms with E-state index >= 15 is 0 Å². The molecular formula is C26H35N3O3. The Bertz CT molecular complexity index is 855. The Morgan fingerprint density at radius 2 is 1.69 bits per heavy atom. The first-order valence-corrected chi connectivity index (χ1v) is 11.8. The highest BCUT2D eigenvalue weighted by Gasteiger charge is 2.24. The van der Waals surface area contributed by atoms with Crippen molar-refractivity contribution in [3.05, 3.63) is 59.7 Å².